The normalized spacial score (nSPS) is 15.8. The van der Waals surface area contributed by atoms with Crippen LogP contribution in [0.25, 0.3) is 0 Å². The number of hydrogen-bond donors (Lipinski definition) is 1. The number of rotatable bonds is 6. The quantitative estimate of drug-likeness (QED) is 0.609. The summed E-state index contributed by atoms with van der Waals surface area (Å²) in [5, 5.41) is 9.70. The fourth-order valence-electron chi connectivity index (χ4n) is 3.40. The predicted molar refractivity (Wildman–Crippen MR) is 117 cm³/mol. The summed E-state index contributed by atoms with van der Waals surface area (Å²) in [6, 6.07) is 14.9. The van der Waals surface area contributed by atoms with E-state index in [-0.39, 0.29) is 29.4 Å². The number of hydrogen-bond acceptors (Lipinski definition) is 7. The van der Waals surface area contributed by atoms with Crippen molar-refractivity contribution in [3.05, 3.63) is 80.9 Å². The Bertz CT molecular complexity index is 1120. The molecule has 1 atom stereocenters. The van der Waals surface area contributed by atoms with Crippen molar-refractivity contribution in [3.8, 4) is 17.6 Å². The van der Waals surface area contributed by atoms with Crippen LogP contribution >= 0.6 is 15.9 Å². The second-order valence-electron chi connectivity index (χ2n) is 6.70. The van der Waals surface area contributed by atoms with Gasteiger partial charge in [0.15, 0.2) is 0 Å². The first-order chi connectivity index (χ1) is 14.9. The molecule has 0 saturated carbocycles. The van der Waals surface area contributed by atoms with Crippen LogP contribution in [-0.4, -0.2) is 20.2 Å². The topological polar surface area (TPSA) is 104 Å². The van der Waals surface area contributed by atoms with Crippen molar-refractivity contribution in [1.29, 1.82) is 5.26 Å². The van der Waals surface area contributed by atoms with Gasteiger partial charge in [0.25, 0.3) is 0 Å². The summed E-state index contributed by atoms with van der Waals surface area (Å²) in [4.78, 5) is 12.5. The molecular weight excluding hydrogens is 464 g/mol. The Morgan fingerprint density at radius 1 is 1.26 bits per heavy atom. The van der Waals surface area contributed by atoms with Crippen molar-refractivity contribution < 1.29 is 23.7 Å². The summed E-state index contributed by atoms with van der Waals surface area (Å²) in [6.45, 7) is 1.83. The monoisotopic (exact) mass is 484 g/mol. The average Bonchev–Trinajstić information content (AvgIpc) is 2.76. The zero-order valence-corrected chi connectivity index (χ0v) is 18.9. The number of carbonyl (C=O) groups is 1. The molecule has 3 rings (SSSR count). The van der Waals surface area contributed by atoms with E-state index < -0.39 is 11.9 Å². The molecule has 0 bridgehead atoms. The molecule has 7 nitrogen and oxygen atoms in total. The van der Waals surface area contributed by atoms with E-state index in [9.17, 15) is 10.1 Å². The van der Waals surface area contributed by atoms with Crippen LogP contribution in [0.3, 0.4) is 0 Å². The molecule has 8 heteroatoms. The number of nitrogens with two attached hydrogens (primary N) is 1. The fraction of sp³-hybridized carbons (Fsp3) is 0.217. The zero-order valence-electron chi connectivity index (χ0n) is 17.3. The van der Waals surface area contributed by atoms with Crippen LogP contribution in [0.5, 0.6) is 11.5 Å². The highest BCUT2D eigenvalue weighted by atomic mass is 79.9. The second-order valence-corrected chi connectivity index (χ2v) is 7.62. The van der Waals surface area contributed by atoms with Crippen LogP contribution in [-0.2, 0) is 20.9 Å². The van der Waals surface area contributed by atoms with Crippen LogP contribution in [0.2, 0.25) is 0 Å². The number of carbonyl (C=O) groups excluding carboxylic acids is 1. The summed E-state index contributed by atoms with van der Waals surface area (Å²) in [5.41, 5.74) is 7.71. The van der Waals surface area contributed by atoms with Gasteiger partial charge in [-0.15, -0.1) is 0 Å². The van der Waals surface area contributed by atoms with Gasteiger partial charge in [-0.1, -0.05) is 28.1 Å². The van der Waals surface area contributed by atoms with Crippen molar-refractivity contribution in [2.75, 3.05) is 14.2 Å². The molecule has 31 heavy (non-hydrogen) atoms. The number of allylic oxidation sites excluding steroid dienone is 2. The van der Waals surface area contributed by atoms with E-state index in [1.54, 1.807) is 26.2 Å². The maximum Gasteiger partial charge on any atom is 0.338 e. The molecule has 0 unspecified atom stereocenters. The number of ether oxygens (including phenoxy) is 4. The molecule has 1 aliphatic heterocycles. The molecule has 0 saturated heterocycles. The molecular formula is C23H21BrN2O5. The molecule has 2 N–H and O–H groups in total. The Morgan fingerprint density at radius 3 is 2.68 bits per heavy atom. The fourth-order valence-corrected chi connectivity index (χ4v) is 3.78. The third-order valence-electron chi connectivity index (χ3n) is 4.84. The zero-order chi connectivity index (χ0) is 22.5. The smallest absolute Gasteiger partial charge is 0.338 e. The summed E-state index contributed by atoms with van der Waals surface area (Å²) < 4.78 is 22.6. The Hall–Kier alpha value is -3.44. The molecule has 1 heterocycles. The van der Waals surface area contributed by atoms with Gasteiger partial charge in [-0.25, -0.2) is 4.79 Å². The van der Waals surface area contributed by atoms with Gasteiger partial charge < -0.3 is 24.7 Å². The average molecular weight is 485 g/mol. The van der Waals surface area contributed by atoms with Gasteiger partial charge in [0.1, 0.15) is 35.5 Å². The number of esters is 1. The molecule has 0 spiro atoms. The maximum atomic E-state index is 12.5. The largest absolute Gasteiger partial charge is 0.496 e. The number of nitrogens with zero attached hydrogens (tertiary/aromatic N) is 1. The molecule has 0 amide bonds. The van der Waals surface area contributed by atoms with Gasteiger partial charge in [-0.3, -0.25) is 0 Å². The Labute approximate surface area is 188 Å². The van der Waals surface area contributed by atoms with Crippen LogP contribution in [0.1, 0.15) is 24.0 Å². The van der Waals surface area contributed by atoms with Gasteiger partial charge in [0.05, 0.1) is 25.7 Å². The minimum atomic E-state index is -0.735. The van der Waals surface area contributed by atoms with E-state index in [2.05, 4.69) is 22.0 Å². The Balaban J connectivity index is 2.04. The summed E-state index contributed by atoms with van der Waals surface area (Å²) >= 11 is 3.42. The van der Waals surface area contributed by atoms with E-state index in [0.29, 0.717) is 17.1 Å². The van der Waals surface area contributed by atoms with Crippen molar-refractivity contribution in [2.45, 2.75) is 19.4 Å². The third kappa shape index (κ3) is 4.67. The lowest BCUT2D eigenvalue weighted by molar-refractivity contribution is -0.136. The van der Waals surface area contributed by atoms with E-state index in [1.165, 1.54) is 7.11 Å². The molecule has 0 fully saturated rings. The first-order valence-electron chi connectivity index (χ1n) is 9.31. The first kappa shape index (κ1) is 22.2. The summed E-state index contributed by atoms with van der Waals surface area (Å²) in [6.07, 6.45) is 0. The minimum absolute atomic E-state index is 0.0413. The number of halogens is 1. The highest BCUT2D eigenvalue weighted by Gasteiger charge is 2.36. The molecule has 0 aliphatic carbocycles. The molecule has 2 aromatic carbocycles. The Morgan fingerprint density at radius 2 is 2.03 bits per heavy atom. The standard InChI is InChI=1S/C23H21BrN2O5/c1-13-20(23(27)29-3)21(18(11-25)22(26)31-13)14-7-8-19(28-2)15(9-14)12-30-17-6-4-5-16(24)10-17/h4-10,21H,12,26H2,1-3H3/t21-/m0/s1. The van der Waals surface area contributed by atoms with Gasteiger partial charge in [0, 0.05) is 10.0 Å². The molecule has 1 aliphatic rings. The van der Waals surface area contributed by atoms with E-state index >= 15 is 0 Å². The number of nitriles is 1. The van der Waals surface area contributed by atoms with Crippen LogP contribution in [0.4, 0.5) is 0 Å². The molecule has 0 aromatic heterocycles. The maximum absolute atomic E-state index is 12.5. The van der Waals surface area contributed by atoms with Crippen molar-refractivity contribution >= 4 is 21.9 Å². The highest BCUT2D eigenvalue weighted by molar-refractivity contribution is 9.10. The number of benzene rings is 2. The van der Waals surface area contributed by atoms with Gasteiger partial charge >= 0.3 is 5.97 Å². The van der Waals surface area contributed by atoms with Gasteiger partial charge in [0.2, 0.25) is 5.88 Å². The Kier molecular flexibility index (Phi) is 6.88. The third-order valence-corrected chi connectivity index (χ3v) is 5.33. The lowest BCUT2D eigenvalue weighted by Gasteiger charge is -2.27. The second kappa shape index (κ2) is 9.58. The highest BCUT2D eigenvalue weighted by Crippen LogP contribution is 2.40. The van der Waals surface area contributed by atoms with Crippen LogP contribution in [0, 0.1) is 11.3 Å². The van der Waals surface area contributed by atoms with Crippen molar-refractivity contribution in [2.24, 2.45) is 5.73 Å². The van der Waals surface area contributed by atoms with Crippen molar-refractivity contribution in [1.82, 2.24) is 0 Å². The van der Waals surface area contributed by atoms with E-state index in [0.717, 1.165) is 10.0 Å². The predicted octanol–water partition coefficient (Wildman–Crippen LogP) is 4.29. The molecule has 2 aromatic rings. The summed E-state index contributed by atoms with van der Waals surface area (Å²) in [7, 11) is 2.84. The summed E-state index contributed by atoms with van der Waals surface area (Å²) in [5.74, 6) is 0.214. The first-order valence-corrected chi connectivity index (χ1v) is 10.1. The van der Waals surface area contributed by atoms with Crippen LogP contribution in [0.15, 0.2) is 69.7 Å². The van der Waals surface area contributed by atoms with Crippen molar-refractivity contribution in [3.63, 3.8) is 0 Å². The minimum Gasteiger partial charge on any atom is -0.496 e. The SMILES string of the molecule is COC(=O)C1=C(C)OC(N)=C(C#N)[C@@H]1c1ccc(OC)c(COc2cccc(Br)c2)c1. The van der Waals surface area contributed by atoms with Crippen LogP contribution < -0.4 is 15.2 Å². The van der Waals surface area contributed by atoms with E-state index in [4.69, 9.17) is 24.7 Å². The molecule has 160 valence electrons. The van der Waals surface area contributed by atoms with Gasteiger partial charge in [-0.2, -0.15) is 5.26 Å². The molecule has 0 radical (unpaired) electrons. The number of methoxy groups -OCH3 is 2. The lowest BCUT2D eigenvalue weighted by atomic mass is 9.82. The van der Waals surface area contributed by atoms with Gasteiger partial charge in [-0.05, 0) is 42.8 Å². The van der Waals surface area contributed by atoms with E-state index in [1.807, 2.05) is 30.3 Å². The lowest BCUT2D eigenvalue weighted by Crippen LogP contribution is -2.25.